The number of hydrogen-bond donors (Lipinski definition) is 2. The van der Waals surface area contributed by atoms with E-state index in [1.807, 2.05) is 0 Å². The van der Waals surface area contributed by atoms with Crippen LogP contribution in [0.2, 0.25) is 0 Å². The summed E-state index contributed by atoms with van der Waals surface area (Å²) in [4.78, 5) is 2.24. The van der Waals surface area contributed by atoms with Gasteiger partial charge in [0, 0.05) is 12.6 Å². The summed E-state index contributed by atoms with van der Waals surface area (Å²) in [6.45, 7) is 1.68. The molecule has 1 saturated carbocycles. The van der Waals surface area contributed by atoms with Gasteiger partial charge in [0.2, 0.25) is 5.13 Å². The minimum Gasteiger partial charge on any atom is -0.395 e. The Labute approximate surface area is 86.6 Å². The summed E-state index contributed by atoms with van der Waals surface area (Å²) in [5.74, 6) is 0. The second kappa shape index (κ2) is 4.20. The first kappa shape index (κ1) is 9.82. The van der Waals surface area contributed by atoms with Crippen LogP contribution < -0.4 is 5.73 Å². The molecule has 2 rings (SSSR count). The van der Waals surface area contributed by atoms with Crippen molar-refractivity contribution in [2.45, 2.75) is 25.4 Å². The number of rotatable bonds is 5. The normalized spacial score (nSPS) is 16.4. The topological polar surface area (TPSA) is 75.3 Å². The van der Waals surface area contributed by atoms with Crippen molar-refractivity contribution >= 4 is 16.5 Å². The van der Waals surface area contributed by atoms with Gasteiger partial charge in [-0.2, -0.15) is 0 Å². The number of hydrogen-bond acceptors (Lipinski definition) is 6. The lowest BCUT2D eigenvalue weighted by atomic mass is 10.4. The molecule has 6 heteroatoms. The lowest BCUT2D eigenvalue weighted by Crippen LogP contribution is -2.28. The molecule has 0 spiro atoms. The summed E-state index contributed by atoms with van der Waals surface area (Å²) in [5, 5.41) is 18.1. The highest BCUT2D eigenvalue weighted by molar-refractivity contribution is 7.15. The SMILES string of the molecule is Nc1nnc(CN(CCO)C2CC2)s1. The molecule has 3 N–H and O–H groups in total. The average molecular weight is 214 g/mol. The molecule has 0 aliphatic heterocycles. The van der Waals surface area contributed by atoms with Gasteiger partial charge in [0.05, 0.1) is 13.2 Å². The van der Waals surface area contributed by atoms with Gasteiger partial charge < -0.3 is 10.8 Å². The Morgan fingerprint density at radius 2 is 2.29 bits per heavy atom. The molecular formula is C8H14N4OS. The minimum absolute atomic E-state index is 0.199. The van der Waals surface area contributed by atoms with Crippen LogP contribution in [0, 0.1) is 0 Å². The van der Waals surface area contributed by atoms with Gasteiger partial charge >= 0.3 is 0 Å². The van der Waals surface area contributed by atoms with Crippen LogP contribution in [0.5, 0.6) is 0 Å². The molecule has 0 radical (unpaired) electrons. The molecule has 1 fully saturated rings. The third-order valence-corrected chi connectivity index (χ3v) is 3.01. The Bertz CT molecular complexity index is 299. The largest absolute Gasteiger partial charge is 0.395 e. The van der Waals surface area contributed by atoms with Crippen molar-refractivity contribution in [3.05, 3.63) is 5.01 Å². The molecule has 0 bridgehead atoms. The maximum atomic E-state index is 8.90. The third-order valence-electron chi connectivity index (χ3n) is 2.27. The number of nitrogens with zero attached hydrogens (tertiary/aromatic N) is 3. The van der Waals surface area contributed by atoms with E-state index in [2.05, 4.69) is 15.1 Å². The first-order chi connectivity index (χ1) is 6.79. The highest BCUT2D eigenvalue weighted by Gasteiger charge is 2.29. The summed E-state index contributed by atoms with van der Waals surface area (Å²) < 4.78 is 0. The molecule has 5 nitrogen and oxygen atoms in total. The van der Waals surface area contributed by atoms with Crippen molar-refractivity contribution in [1.82, 2.24) is 15.1 Å². The van der Waals surface area contributed by atoms with Crippen LogP contribution in [0.3, 0.4) is 0 Å². The van der Waals surface area contributed by atoms with Crippen LogP contribution in [-0.4, -0.2) is 39.4 Å². The van der Waals surface area contributed by atoms with Gasteiger partial charge in [0.1, 0.15) is 5.01 Å². The van der Waals surface area contributed by atoms with Gasteiger partial charge in [0.25, 0.3) is 0 Å². The highest BCUT2D eigenvalue weighted by atomic mass is 32.1. The standard InChI is InChI=1S/C8H14N4OS/c9-8-11-10-7(14-8)5-12(3-4-13)6-1-2-6/h6,13H,1-5H2,(H2,9,11). The zero-order chi connectivity index (χ0) is 9.97. The second-order valence-corrected chi connectivity index (χ2v) is 4.55. The van der Waals surface area contributed by atoms with Crippen molar-refractivity contribution in [2.24, 2.45) is 0 Å². The number of nitrogen functional groups attached to an aromatic ring is 1. The fourth-order valence-corrected chi connectivity index (χ4v) is 2.10. The van der Waals surface area contributed by atoms with Crippen LogP contribution in [0.25, 0.3) is 0 Å². The molecule has 0 unspecified atom stereocenters. The number of nitrogens with two attached hydrogens (primary N) is 1. The number of anilines is 1. The highest BCUT2D eigenvalue weighted by Crippen LogP contribution is 2.28. The van der Waals surface area contributed by atoms with E-state index in [0.717, 1.165) is 11.6 Å². The zero-order valence-electron chi connectivity index (χ0n) is 7.89. The van der Waals surface area contributed by atoms with Crippen molar-refractivity contribution in [1.29, 1.82) is 0 Å². The van der Waals surface area contributed by atoms with E-state index in [-0.39, 0.29) is 6.61 Å². The van der Waals surface area contributed by atoms with Crippen LogP contribution in [0.1, 0.15) is 17.8 Å². The molecule has 0 atom stereocenters. The molecule has 0 amide bonds. The second-order valence-electron chi connectivity index (χ2n) is 3.46. The predicted octanol–water partition coefficient (Wildman–Crippen LogP) is 0.0770. The summed E-state index contributed by atoms with van der Waals surface area (Å²) >= 11 is 1.42. The number of aliphatic hydroxyl groups excluding tert-OH is 1. The summed E-state index contributed by atoms with van der Waals surface area (Å²) in [6.07, 6.45) is 2.46. The molecule has 1 aliphatic carbocycles. The number of aliphatic hydroxyl groups is 1. The molecule has 1 aromatic rings. The van der Waals surface area contributed by atoms with Gasteiger partial charge in [-0.3, -0.25) is 4.90 Å². The number of aromatic nitrogens is 2. The fraction of sp³-hybridized carbons (Fsp3) is 0.750. The van der Waals surface area contributed by atoms with Crippen LogP contribution >= 0.6 is 11.3 Å². The summed E-state index contributed by atoms with van der Waals surface area (Å²) in [5.41, 5.74) is 5.50. The van der Waals surface area contributed by atoms with E-state index in [0.29, 0.717) is 17.7 Å². The molecule has 1 heterocycles. The van der Waals surface area contributed by atoms with Crippen molar-refractivity contribution < 1.29 is 5.11 Å². The lowest BCUT2D eigenvalue weighted by molar-refractivity contribution is 0.183. The maximum Gasteiger partial charge on any atom is 0.203 e. The quantitative estimate of drug-likeness (QED) is 0.726. The fourth-order valence-electron chi connectivity index (χ4n) is 1.46. The maximum absolute atomic E-state index is 8.90. The Morgan fingerprint density at radius 3 is 2.79 bits per heavy atom. The molecule has 1 aliphatic rings. The van der Waals surface area contributed by atoms with E-state index in [9.17, 15) is 0 Å². The third kappa shape index (κ3) is 2.40. The molecule has 0 saturated heterocycles. The van der Waals surface area contributed by atoms with E-state index >= 15 is 0 Å². The first-order valence-corrected chi connectivity index (χ1v) is 5.54. The minimum atomic E-state index is 0.199. The van der Waals surface area contributed by atoms with Crippen molar-refractivity contribution in [3.8, 4) is 0 Å². The molecule has 78 valence electrons. The summed E-state index contributed by atoms with van der Waals surface area (Å²) in [6, 6.07) is 0.632. The van der Waals surface area contributed by atoms with Crippen LogP contribution in [0.4, 0.5) is 5.13 Å². The van der Waals surface area contributed by atoms with Gasteiger partial charge in [-0.05, 0) is 12.8 Å². The smallest absolute Gasteiger partial charge is 0.203 e. The predicted molar refractivity (Wildman–Crippen MR) is 54.8 cm³/mol. The molecule has 1 aromatic heterocycles. The van der Waals surface area contributed by atoms with E-state index in [1.165, 1.54) is 24.2 Å². The molecule has 0 aromatic carbocycles. The molecule has 14 heavy (non-hydrogen) atoms. The van der Waals surface area contributed by atoms with Gasteiger partial charge in [-0.1, -0.05) is 11.3 Å². The van der Waals surface area contributed by atoms with E-state index < -0.39 is 0 Å². The van der Waals surface area contributed by atoms with Crippen molar-refractivity contribution in [2.75, 3.05) is 18.9 Å². The lowest BCUT2D eigenvalue weighted by Gasteiger charge is -2.18. The van der Waals surface area contributed by atoms with Gasteiger partial charge in [-0.15, -0.1) is 10.2 Å². The summed E-state index contributed by atoms with van der Waals surface area (Å²) in [7, 11) is 0. The Morgan fingerprint density at radius 1 is 1.50 bits per heavy atom. The van der Waals surface area contributed by atoms with Crippen LogP contribution in [-0.2, 0) is 6.54 Å². The molecular weight excluding hydrogens is 200 g/mol. The Hall–Kier alpha value is -0.720. The monoisotopic (exact) mass is 214 g/mol. The van der Waals surface area contributed by atoms with E-state index in [1.54, 1.807) is 0 Å². The zero-order valence-corrected chi connectivity index (χ0v) is 8.70. The Balaban J connectivity index is 1.92. The first-order valence-electron chi connectivity index (χ1n) is 4.72. The Kier molecular flexibility index (Phi) is 2.95. The van der Waals surface area contributed by atoms with E-state index in [4.69, 9.17) is 10.8 Å². The van der Waals surface area contributed by atoms with Gasteiger partial charge in [-0.25, -0.2) is 0 Å². The van der Waals surface area contributed by atoms with Gasteiger partial charge in [0.15, 0.2) is 0 Å². The van der Waals surface area contributed by atoms with Crippen LogP contribution in [0.15, 0.2) is 0 Å². The van der Waals surface area contributed by atoms with Crippen molar-refractivity contribution in [3.63, 3.8) is 0 Å². The average Bonchev–Trinajstić information content (AvgIpc) is 2.91.